The van der Waals surface area contributed by atoms with E-state index in [2.05, 4.69) is 131 Å². The van der Waals surface area contributed by atoms with Crippen molar-refractivity contribution in [2.45, 2.75) is 6.92 Å². The third-order valence-electron chi connectivity index (χ3n) is 5.23. The summed E-state index contributed by atoms with van der Waals surface area (Å²) in [7, 11) is 0. The maximum Gasteiger partial charge on any atom is 0.0539 e. The van der Waals surface area contributed by atoms with Gasteiger partial charge in [0.25, 0.3) is 0 Å². The number of rotatable bonds is 6. The topological polar surface area (TPSA) is 3.24 Å². The van der Waals surface area contributed by atoms with Gasteiger partial charge in [-0.05, 0) is 66.1 Å². The van der Waals surface area contributed by atoms with Crippen LogP contribution in [-0.4, -0.2) is 0 Å². The van der Waals surface area contributed by atoms with Gasteiger partial charge in [0.2, 0.25) is 0 Å². The molecule has 0 aromatic heterocycles. The van der Waals surface area contributed by atoms with E-state index < -0.39 is 0 Å². The molecule has 0 unspecified atom stereocenters. The van der Waals surface area contributed by atoms with Crippen molar-refractivity contribution in [2.24, 2.45) is 0 Å². The van der Waals surface area contributed by atoms with Crippen LogP contribution in [0.1, 0.15) is 18.1 Å². The van der Waals surface area contributed by atoms with Crippen LogP contribution >= 0.6 is 15.9 Å². The lowest BCUT2D eigenvalue weighted by Crippen LogP contribution is -2.11. The van der Waals surface area contributed by atoms with E-state index >= 15 is 0 Å². The van der Waals surface area contributed by atoms with Gasteiger partial charge in [0, 0.05) is 21.4 Å². The minimum Gasteiger partial charge on any atom is -0.310 e. The Morgan fingerprint density at radius 1 is 0.710 bits per heavy atom. The number of hydrogen-bond acceptors (Lipinski definition) is 1. The molecular formula is C29H24BrN. The van der Waals surface area contributed by atoms with E-state index in [1.807, 2.05) is 19.1 Å². The van der Waals surface area contributed by atoms with Gasteiger partial charge in [0.15, 0.2) is 0 Å². The molecule has 4 aromatic rings. The molecule has 0 saturated heterocycles. The van der Waals surface area contributed by atoms with E-state index in [-0.39, 0.29) is 0 Å². The van der Waals surface area contributed by atoms with Gasteiger partial charge < -0.3 is 4.90 Å². The summed E-state index contributed by atoms with van der Waals surface area (Å²) in [6.07, 6.45) is 6.14. The molecule has 2 heteroatoms. The first kappa shape index (κ1) is 20.9. The molecule has 0 bridgehead atoms. The SMILES string of the molecule is C=Cc1cccc(N(c2ccccc2)c2ccc(-c3ccc(Br)cc3)cc2)c1/C=C\C. The number of halogens is 1. The van der Waals surface area contributed by atoms with E-state index in [4.69, 9.17) is 0 Å². The van der Waals surface area contributed by atoms with Gasteiger partial charge in [-0.2, -0.15) is 0 Å². The van der Waals surface area contributed by atoms with Crippen molar-refractivity contribution >= 4 is 45.1 Å². The van der Waals surface area contributed by atoms with Gasteiger partial charge in [0.05, 0.1) is 5.69 Å². The van der Waals surface area contributed by atoms with Crippen molar-refractivity contribution in [3.63, 3.8) is 0 Å². The van der Waals surface area contributed by atoms with E-state index in [0.717, 1.165) is 32.7 Å². The Bertz CT molecular complexity index is 1190. The highest BCUT2D eigenvalue weighted by atomic mass is 79.9. The molecule has 31 heavy (non-hydrogen) atoms. The lowest BCUT2D eigenvalue weighted by molar-refractivity contribution is 1.27. The largest absolute Gasteiger partial charge is 0.310 e. The summed E-state index contributed by atoms with van der Waals surface area (Å²) < 4.78 is 1.08. The second kappa shape index (κ2) is 9.63. The molecule has 0 spiro atoms. The Labute approximate surface area is 193 Å². The number of benzene rings is 4. The smallest absolute Gasteiger partial charge is 0.0539 e. The molecule has 0 aliphatic carbocycles. The number of anilines is 3. The van der Waals surface area contributed by atoms with Gasteiger partial charge in [-0.1, -0.05) is 95.3 Å². The maximum absolute atomic E-state index is 4.02. The third-order valence-corrected chi connectivity index (χ3v) is 5.76. The molecule has 152 valence electrons. The van der Waals surface area contributed by atoms with E-state index in [0.29, 0.717) is 0 Å². The van der Waals surface area contributed by atoms with Gasteiger partial charge >= 0.3 is 0 Å². The lowest BCUT2D eigenvalue weighted by atomic mass is 10.0. The van der Waals surface area contributed by atoms with Crippen LogP contribution in [0.3, 0.4) is 0 Å². The first-order valence-corrected chi connectivity index (χ1v) is 11.1. The molecule has 0 aliphatic heterocycles. The lowest BCUT2D eigenvalue weighted by Gasteiger charge is -2.28. The molecule has 0 radical (unpaired) electrons. The van der Waals surface area contributed by atoms with Gasteiger partial charge in [-0.25, -0.2) is 0 Å². The molecule has 0 aliphatic rings. The quantitative estimate of drug-likeness (QED) is 0.274. The molecule has 4 aromatic carbocycles. The summed E-state index contributed by atoms with van der Waals surface area (Å²) in [4.78, 5) is 2.30. The first-order chi connectivity index (χ1) is 15.2. The second-order valence-electron chi connectivity index (χ2n) is 7.21. The Morgan fingerprint density at radius 2 is 1.32 bits per heavy atom. The van der Waals surface area contributed by atoms with Crippen LogP contribution < -0.4 is 4.90 Å². The zero-order valence-corrected chi connectivity index (χ0v) is 19.1. The first-order valence-electron chi connectivity index (χ1n) is 10.3. The van der Waals surface area contributed by atoms with Crippen LogP contribution in [0.25, 0.3) is 23.3 Å². The summed E-state index contributed by atoms with van der Waals surface area (Å²) in [5, 5.41) is 0. The summed E-state index contributed by atoms with van der Waals surface area (Å²) in [6.45, 7) is 6.06. The van der Waals surface area contributed by atoms with Crippen molar-refractivity contribution in [1.82, 2.24) is 0 Å². The highest BCUT2D eigenvalue weighted by Crippen LogP contribution is 2.39. The zero-order chi connectivity index (χ0) is 21.6. The molecule has 0 atom stereocenters. The average Bonchev–Trinajstić information content (AvgIpc) is 2.82. The van der Waals surface area contributed by atoms with Crippen LogP contribution in [0.15, 0.2) is 114 Å². The predicted molar refractivity (Wildman–Crippen MR) is 139 cm³/mol. The number of hydrogen-bond donors (Lipinski definition) is 0. The van der Waals surface area contributed by atoms with E-state index in [1.54, 1.807) is 0 Å². The minimum absolute atomic E-state index is 1.08. The average molecular weight is 466 g/mol. The number of para-hydroxylation sites is 1. The Hall–Kier alpha value is -3.36. The summed E-state index contributed by atoms with van der Waals surface area (Å²) in [6, 6.07) is 34.0. The molecule has 0 heterocycles. The van der Waals surface area contributed by atoms with Crippen molar-refractivity contribution in [3.8, 4) is 11.1 Å². The zero-order valence-electron chi connectivity index (χ0n) is 17.5. The highest BCUT2D eigenvalue weighted by Gasteiger charge is 2.16. The molecule has 0 amide bonds. The Kier molecular flexibility index (Phi) is 6.49. The molecule has 0 saturated carbocycles. The predicted octanol–water partition coefficient (Wildman–Crippen LogP) is 9.26. The Morgan fingerprint density at radius 3 is 1.94 bits per heavy atom. The van der Waals surface area contributed by atoms with Crippen molar-refractivity contribution in [1.29, 1.82) is 0 Å². The van der Waals surface area contributed by atoms with Crippen LogP contribution in [0.2, 0.25) is 0 Å². The van der Waals surface area contributed by atoms with Gasteiger partial charge in [-0.15, -0.1) is 0 Å². The number of nitrogens with zero attached hydrogens (tertiary/aromatic N) is 1. The fraction of sp³-hybridized carbons (Fsp3) is 0.0345. The molecular weight excluding hydrogens is 442 g/mol. The monoisotopic (exact) mass is 465 g/mol. The van der Waals surface area contributed by atoms with Gasteiger partial charge in [-0.3, -0.25) is 0 Å². The normalized spacial score (nSPS) is 10.9. The number of allylic oxidation sites excluding steroid dienone is 1. The maximum atomic E-state index is 4.02. The fourth-order valence-corrected chi connectivity index (χ4v) is 4.01. The molecule has 1 nitrogen and oxygen atoms in total. The fourth-order valence-electron chi connectivity index (χ4n) is 3.74. The van der Waals surface area contributed by atoms with E-state index in [9.17, 15) is 0 Å². The molecule has 0 fully saturated rings. The van der Waals surface area contributed by atoms with Gasteiger partial charge in [0.1, 0.15) is 0 Å². The summed E-state index contributed by atoms with van der Waals surface area (Å²) >= 11 is 3.51. The second-order valence-corrected chi connectivity index (χ2v) is 8.12. The van der Waals surface area contributed by atoms with Crippen LogP contribution in [0.4, 0.5) is 17.1 Å². The van der Waals surface area contributed by atoms with Crippen molar-refractivity contribution < 1.29 is 0 Å². The third kappa shape index (κ3) is 4.55. The molecule has 4 rings (SSSR count). The van der Waals surface area contributed by atoms with Crippen LogP contribution in [-0.2, 0) is 0 Å². The molecule has 0 N–H and O–H groups in total. The van der Waals surface area contributed by atoms with Crippen LogP contribution in [0, 0.1) is 0 Å². The van der Waals surface area contributed by atoms with E-state index in [1.165, 1.54) is 11.1 Å². The van der Waals surface area contributed by atoms with Crippen molar-refractivity contribution in [2.75, 3.05) is 4.90 Å². The summed E-state index contributed by atoms with van der Waals surface area (Å²) in [5.41, 5.74) is 8.01. The standard InChI is InChI=1S/C29H24BrN/c1-3-9-28-22(4-2)10-8-13-29(28)31(26-11-6-5-7-12-26)27-20-16-24(17-21-27)23-14-18-25(30)19-15-23/h3-21H,2H2,1H3/b9-3-. The minimum atomic E-state index is 1.08. The Balaban J connectivity index is 1.84. The van der Waals surface area contributed by atoms with Crippen molar-refractivity contribution in [3.05, 3.63) is 125 Å². The van der Waals surface area contributed by atoms with Crippen LogP contribution in [0.5, 0.6) is 0 Å². The summed E-state index contributed by atoms with van der Waals surface area (Å²) in [5.74, 6) is 0. The highest BCUT2D eigenvalue weighted by molar-refractivity contribution is 9.10.